The number of fused-ring (bicyclic) bond motifs is 1. The van der Waals surface area contributed by atoms with Crippen LogP contribution in [0.1, 0.15) is 15.9 Å². The lowest BCUT2D eigenvalue weighted by atomic mass is 10.1. The Bertz CT molecular complexity index is 657. The Morgan fingerprint density at radius 3 is 2.47 bits per heavy atom. The van der Waals surface area contributed by atoms with E-state index in [0.717, 1.165) is 20.9 Å². The Labute approximate surface area is 121 Å². The Morgan fingerprint density at radius 1 is 1.05 bits per heavy atom. The largest absolute Gasteiger partial charge is 0.288 e. The first kappa shape index (κ1) is 12.6. The number of rotatable bonds is 2. The average Bonchev–Trinajstić information content (AvgIpc) is 2.77. The monoisotopic (exact) mass is 284 g/mol. The molecule has 1 nitrogen and oxygen atoms in total. The molecule has 1 heterocycles. The number of benzene rings is 2. The fraction of sp³-hybridized carbons (Fsp3) is 0.0625. The molecule has 0 fully saturated rings. The number of ketones is 1. The van der Waals surface area contributed by atoms with Gasteiger partial charge in [0.1, 0.15) is 0 Å². The first-order valence-corrected chi connectivity index (χ1v) is 7.99. The summed E-state index contributed by atoms with van der Waals surface area (Å²) in [5.41, 5.74) is 1.89. The van der Waals surface area contributed by atoms with E-state index in [0.29, 0.717) is 0 Å². The number of thioether (sulfide) groups is 2. The van der Waals surface area contributed by atoms with Crippen molar-refractivity contribution in [3.63, 3.8) is 0 Å². The average molecular weight is 284 g/mol. The third-order valence-corrected chi connectivity index (χ3v) is 4.83. The SMILES string of the molecule is CSc1ccc(/C=C2\Sc3ccccc3C2=O)cc1. The van der Waals surface area contributed by atoms with Crippen molar-refractivity contribution >= 4 is 35.4 Å². The van der Waals surface area contributed by atoms with Crippen LogP contribution < -0.4 is 0 Å². The second kappa shape index (κ2) is 5.27. The lowest BCUT2D eigenvalue weighted by Gasteiger charge is -1.98. The van der Waals surface area contributed by atoms with Gasteiger partial charge in [0.15, 0.2) is 0 Å². The highest BCUT2D eigenvalue weighted by Gasteiger charge is 2.24. The van der Waals surface area contributed by atoms with Crippen molar-refractivity contribution in [2.24, 2.45) is 0 Å². The number of carbonyl (C=O) groups excluding carboxylic acids is 1. The van der Waals surface area contributed by atoms with E-state index >= 15 is 0 Å². The Kier molecular flexibility index (Phi) is 3.49. The van der Waals surface area contributed by atoms with Gasteiger partial charge in [0, 0.05) is 15.4 Å². The third kappa shape index (κ3) is 2.48. The summed E-state index contributed by atoms with van der Waals surface area (Å²) in [5.74, 6) is 0.134. The van der Waals surface area contributed by atoms with Crippen LogP contribution in [0.5, 0.6) is 0 Å². The zero-order valence-corrected chi connectivity index (χ0v) is 12.1. The van der Waals surface area contributed by atoms with Crippen LogP contribution in [0.25, 0.3) is 6.08 Å². The summed E-state index contributed by atoms with van der Waals surface area (Å²) >= 11 is 3.27. The van der Waals surface area contributed by atoms with Gasteiger partial charge >= 0.3 is 0 Å². The highest BCUT2D eigenvalue weighted by molar-refractivity contribution is 8.04. The van der Waals surface area contributed by atoms with Crippen LogP contribution in [0.15, 0.2) is 63.2 Å². The number of allylic oxidation sites excluding steroid dienone is 1. The van der Waals surface area contributed by atoms with E-state index in [9.17, 15) is 4.79 Å². The molecule has 1 aliphatic rings. The second-order valence-electron chi connectivity index (χ2n) is 4.21. The summed E-state index contributed by atoms with van der Waals surface area (Å²) in [5, 5.41) is 0. The van der Waals surface area contributed by atoms with Crippen molar-refractivity contribution in [1.29, 1.82) is 0 Å². The van der Waals surface area contributed by atoms with Gasteiger partial charge in [0.2, 0.25) is 5.78 Å². The maximum atomic E-state index is 12.2. The first-order valence-electron chi connectivity index (χ1n) is 5.95. The van der Waals surface area contributed by atoms with Crippen molar-refractivity contribution in [2.45, 2.75) is 9.79 Å². The number of carbonyl (C=O) groups is 1. The van der Waals surface area contributed by atoms with Gasteiger partial charge in [-0.1, -0.05) is 36.0 Å². The van der Waals surface area contributed by atoms with Crippen LogP contribution in [-0.4, -0.2) is 12.0 Å². The minimum Gasteiger partial charge on any atom is -0.288 e. The van der Waals surface area contributed by atoms with Gasteiger partial charge in [0.05, 0.1) is 4.91 Å². The molecule has 0 saturated carbocycles. The normalized spacial score (nSPS) is 15.8. The standard InChI is InChI=1S/C16H12OS2/c1-18-12-8-6-11(7-9-12)10-15-16(17)13-4-2-3-5-14(13)19-15/h2-10H,1H3/b15-10-. The fourth-order valence-electron chi connectivity index (χ4n) is 1.99. The van der Waals surface area contributed by atoms with E-state index in [4.69, 9.17) is 0 Å². The van der Waals surface area contributed by atoms with Gasteiger partial charge in [-0.05, 0) is 42.2 Å². The molecule has 0 N–H and O–H groups in total. The minimum absolute atomic E-state index is 0.134. The summed E-state index contributed by atoms with van der Waals surface area (Å²) in [6.45, 7) is 0. The molecule has 2 aromatic carbocycles. The maximum absolute atomic E-state index is 12.2. The van der Waals surface area contributed by atoms with Gasteiger partial charge in [-0.15, -0.1) is 11.8 Å². The van der Waals surface area contributed by atoms with E-state index in [-0.39, 0.29) is 5.78 Å². The molecule has 0 amide bonds. The lowest BCUT2D eigenvalue weighted by molar-refractivity contribution is 0.104. The smallest absolute Gasteiger partial charge is 0.200 e. The molecule has 3 heteroatoms. The highest BCUT2D eigenvalue weighted by atomic mass is 32.2. The Balaban J connectivity index is 1.92. The fourth-order valence-corrected chi connectivity index (χ4v) is 3.45. The number of hydrogen-bond acceptors (Lipinski definition) is 3. The number of Topliss-reactive ketones (excluding diaryl/α,β-unsaturated/α-hetero) is 1. The van der Waals surface area contributed by atoms with E-state index in [1.807, 2.05) is 30.3 Å². The third-order valence-electron chi connectivity index (χ3n) is 2.99. The van der Waals surface area contributed by atoms with Crippen LogP contribution in [0.3, 0.4) is 0 Å². The zero-order valence-electron chi connectivity index (χ0n) is 10.4. The summed E-state index contributed by atoms with van der Waals surface area (Å²) in [7, 11) is 0. The molecule has 19 heavy (non-hydrogen) atoms. The molecule has 0 spiro atoms. The van der Waals surface area contributed by atoms with Crippen molar-refractivity contribution < 1.29 is 4.79 Å². The predicted molar refractivity (Wildman–Crippen MR) is 82.8 cm³/mol. The van der Waals surface area contributed by atoms with Crippen LogP contribution in [0.2, 0.25) is 0 Å². The first-order chi connectivity index (χ1) is 9.28. The van der Waals surface area contributed by atoms with Crippen LogP contribution in [-0.2, 0) is 0 Å². The van der Waals surface area contributed by atoms with Gasteiger partial charge < -0.3 is 0 Å². The van der Waals surface area contributed by atoms with Crippen molar-refractivity contribution in [3.05, 3.63) is 64.6 Å². The Hall–Kier alpha value is -1.45. The summed E-state index contributed by atoms with van der Waals surface area (Å²) in [6.07, 6.45) is 4.03. The van der Waals surface area contributed by atoms with Crippen molar-refractivity contribution in [1.82, 2.24) is 0 Å². The molecule has 0 aromatic heterocycles. The van der Waals surface area contributed by atoms with Crippen molar-refractivity contribution in [2.75, 3.05) is 6.26 Å². The minimum atomic E-state index is 0.134. The van der Waals surface area contributed by atoms with Crippen LogP contribution in [0.4, 0.5) is 0 Å². The molecule has 0 aliphatic carbocycles. The zero-order chi connectivity index (χ0) is 13.2. The quantitative estimate of drug-likeness (QED) is 0.586. The predicted octanol–water partition coefficient (Wildman–Crippen LogP) is 4.74. The van der Waals surface area contributed by atoms with Gasteiger partial charge in [-0.2, -0.15) is 0 Å². The topological polar surface area (TPSA) is 17.1 Å². The van der Waals surface area contributed by atoms with Gasteiger partial charge in [-0.3, -0.25) is 4.79 Å². The highest BCUT2D eigenvalue weighted by Crippen LogP contribution is 2.40. The Morgan fingerprint density at radius 2 is 1.79 bits per heavy atom. The maximum Gasteiger partial charge on any atom is 0.200 e. The molecular formula is C16H12OS2. The van der Waals surface area contributed by atoms with E-state index in [1.54, 1.807) is 23.5 Å². The summed E-state index contributed by atoms with van der Waals surface area (Å²) in [4.78, 5) is 15.3. The van der Waals surface area contributed by atoms with E-state index in [1.165, 1.54) is 4.90 Å². The number of hydrogen-bond donors (Lipinski definition) is 0. The van der Waals surface area contributed by atoms with Crippen LogP contribution in [0, 0.1) is 0 Å². The lowest BCUT2D eigenvalue weighted by Crippen LogP contribution is -1.93. The molecule has 0 saturated heterocycles. The van der Waals surface area contributed by atoms with Crippen molar-refractivity contribution in [3.8, 4) is 0 Å². The summed E-state index contributed by atoms with van der Waals surface area (Å²) in [6, 6.07) is 16.0. The molecule has 1 aliphatic heterocycles. The summed E-state index contributed by atoms with van der Waals surface area (Å²) < 4.78 is 0. The molecule has 0 atom stereocenters. The molecule has 94 valence electrons. The molecule has 3 rings (SSSR count). The molecule has 2 aromatic rings. The van der Waals surface area contributed by atoms with E-state index in [2.05, 4.69) is 30.5 Å². The van der Waals surface area contributed by atoms with E-state index < -0.39 is 0 Å². The van der Waals surface area contributed by atoms with Crippen LogP contribution >= 0.6 is 23.5 Å². The van der Waals surface area contributed by atoms with Gasteiger partial charge in [-0.25, -0.2) is 0 Å². The molecule has 0 radical (unpaired) electrons. The second-order valence-corrected chi connectivity index (χ2v) is 6.17. The molecule has 0 unspecified atom stereocenters. The molecular weight excluding hydrogens is 272 g/mol. The van der Waals surface area contributed by atoms with Gasteiger partial charge in [0.25, 0.3) is 0 Å². The molecule has 0 bridgehead atoms.